The summed E-state index contributed by atoms with van der Waals surface area (Å²) in [5.41, 5.74) is 5.76. The summed E-state index contributed by atoms with van der Waals surface area (Å²) in [6.45, 7) is 3.54. The smallest absolute Gasteiger partial charge is 0.306 e. The molecule has 1 aromatic carbocycles. The summed E-state index contributed by atoms with van der Waals surface area (Å²) < 4.78 is 18.3. The molecule has 0 saturated heterocycles. The van der Waals surface area contributed by atoms with Crippen LogP contribution in [0.15, 0.2) is 24.3 Å². The molecule has 0 saturated carbocycles. The van der Waals surface area contributed by atoms with Gasteiger partial charge in [-0.1, -0.05) is 18.2 Å². The fourth-order valence-electron chi connectivity index (χ4n) is 1.78. The molecule has 0 aliphatic rings. The van der Waals surface area contributed by atoms with Crippen LogP contribution in [0.4, 0.5) is 4.39 Å². The highest BCUT2D eigenvalue weighted by Crippen LogP contribution is 2.31. The van der Waals surface area contributed by atoms with Gasteiger partial charge in [0, 0.05) is 11.5 Å². The van der Waals surface area contributed by atoms with Gasteiger partial charge in [0.25, 0.3) is 0 Å². The lowest BCUT2D eigenvalue weighted by Crippen LogP contribution is -2.40. The van der Waals surface area contributed by atoms with Gasteiger partial charge in [-0.3, -0.25) is 4.79 Å². The third-order valence-electron chi connectivity index (χ3n) is 2.78. The minimum absolute atomic E-state index is 0.0704. The van der Waals surface area contributed by atoms with Crippen molar-refractivity contribution >= 4 is 5.97 Å². The molecule has 0 spiro atoms. The molecule has 0 amide bonds. The second-order valence-electron chi connectivity index (χ2n) is 4.68. The Kier molecular flexibility index (Phi) is 4.23. The fraction of sp³-hybridized carbons (Fsp3) is 0.462. The van der Waals surface area contributed by atoms with E-state index in [-0.39, 0.29) is 12.2 Å². The first-order chi connectivity index (χ1) is 7.86. The van der Waals surface area contributed by atoms with E-state index < -0.39 is 17.4 Å². The van der Waals surface area contributed by atoms with Crippen molar-refractivity contribution in [2.45, 2.75) is 31.7 Å². The number of carbonyl (C=O) groups is 1. The van der Waals surface area contributed by atoms with Crippen LogP contribution < -0.4 is 5.73 Å². The number of benzene rings is 1. The number of carbonyl (C=O) groups excluding carboxylic acids is 1. The number of halogens is 1. The first-order valence-corrected chi connectivity index (χ1v) is 5.46. The number of rotatable bonds is 4. The van der Waals surface area contributed by atoms with E-state index in [1.54, 1.807) is 32.0 Å². The Balaban J connectivity index is 3.07. The summed E-state index contributed by atoms with van der Waals surface area (Å²) in [7, 11) is 1.31. The average Bonchev–Trinajstić information content (AvgIpc) is 2.25. The summed E-state index contributed by atoms with van der Waals surface area (Å²) in [5, 5.41) is 0. The Labute approximate surface area is 101 Å². The summed E-state index contributed by atoms with van der Waals surface area (Å²) in [4.78, 5) is 11.4. The highest BCUT2D eigenvalue weighted by atomic mass is 19.1. The number of hydrogen-bond acceptors (Lipinski definition) is 3. The quantitative estimate of drug-likeness (QED) is 0.819. The Morgan fingerprint density at radius 3 is 2.53 bits per heavy atom. The van der Waals surface area contributed by atoms with Gasteiger partial charge in [0.1, 0.15) is 5.82 Å². The lowest BCUT2D eigenvalue weighted by Gasteiger charge is -2.30. The standard InChI is InChI=1S/C13H18FNO2/c1-13(2,15)10(8-12(16)17-3)9-6-4-5-7-11(9)14/h4-7,10H,8,15H2,1-3H3. The second kappa shape index (κ2) is 5.27. The van der Waals surface area contributed by atoms with E-state index in [1.165, 1.54) is 13.2 Å². The van der Waals surface area contributed by atoms with Gasteiger partial charge in [0.15, 0.2) is 0 Å². The van der Waals surface area contributed by atoms with Crippen molar-refractivity contribution in [2.75, 3.05) is 7.11 Å². The minimum atomic E-state index is -0.698. The summed E-state index contributed by atoms with van der Waals surface area (Å²) >= 11 is 0. The molecular weight excluding hydrogens is 221 g/mol. The summed E-state index contributed by atoms with van der Waals surface area (Å²) in [6, 6.07) is 6.36. The van der Waals surface area contributed by atoms with Crippen molar-refractivity contribution in [3.8, 4) is 0 Å². The monoisotopic (exact) mass is 239 g/mol. The van der Waals surface area contributed by atoms with Gasteiger partial charge >= 0.3 is 5.97 Å². The van der Waals surface area contributed by atoms with E-state index in [0.29, 0.717) is 5.56 Å². The number of nitrogens with two attached hydrogens (primary N) is 1. The molecule has 1 aromatic rings. The molecule has 0 aromatic heterocycles. The normalized spacial score (nSPS) is 13.2. The number of ether oxygens (including phenoxy) is 1. The summed E-state index contributed by atoms with van der Waals surface area (Å²) in [6.07, 6.45) is 0.0704. The van der Waals surface area contributed by atoms with E-state index in [9.17, 15) is 9.18 Å². The van der Waals surface area contributed by atoms with Crippen LogP contribution >= 0.6 is 0 Å². The highest BCUT2D eigenvalue weighted by Gasteiger charge is 2.31. The molecule has 2 N–H and O–H groups in total. The molecule has 4 heteroatoms. The maximum absolute atomic E-state index is 13.7. The Bertz CT molecular complexity index is 399. The van der Waals surface area contributed by atoms with E-state index >= 15 is 0 Å². The van der Waals surface area contributed by atoms with Crippen molar-refractivity contribution in [3.63, 3.8) is 0 Å². The summed E-state index contributed by atoms with van der Waals surface area (Å²) in [5.74, 6) is -1.15. The van der Waals surface area contributed by atoms with Gasteiger partial charge in [0.05, 0.1) is 13.5 Å². The van der Waals surface area contributed by atoms with E-state index in [0.717, 1.165) is 0 Å². The minimum Gasteiger partial charge on any atom is -0.469 e. The number of esters is 1. The van der Waals surface area contributed by atoms with Gasteiger partial charge in [0.2, 0.25) is 0 Å². The van der Waals surface area contributed by atoms with Crippen molar-refractivity contribution in [2.24, 2.45) is 5.73 Å². The lowest BCUT2D eigenvalue weighted by atomic mass is 9.80. The molecule has 0 fully saturated rings. The largest absolute Gasteiger partial charge is 0.469 e. The van der Waals surface area contributed by atoms with Crippen LogP contribution in [0.3, 0.4) is 0 Å². The molecule has 0 aliphatic carbocycles. The number of methoxy groups -OCH3 is 1. The first kappa shape index (κ1) is 13.6. The maximum Gasteiger partial charge on any atom is 0.306 e. The van der Waals surface area contributed by atoms with Crippen LogP contribution in [0.5, 0.6) is 0 Å². The van der Waals surface area contributed by atoms with Gasteiger partial charge < -0.3 is 10.5 Å². The molecule has 1 rings (SSSR count). The molecule has 1 atom stereocenters. The zero-order valence-corrected chi connectivity index (χ0v) is 10.4. The molecule has 94 valence electrons. The average molecular weight is 239 g/mol. The SMILES string of the molecule is COC(=O)CC(c1ccccc1F)C(C)(C)N. The topological polar surface area (TPSA) is 52.3 Å². The van der Waals surface area contributed by atoms with Crippen molar-refractivity contribution in [1.29, 1.82) is 0 Å². The Hall–Kier alpha value is -1.42. The highest BCUT2D eigenvalue weighted by molar-refractivity contribution is 5.70. The van der Waals surface area contributed by atoms with Crippen molar-refractivity contribution < 1.29 is 13.9 Å². The molecule has 0 aliphatic heterocycles. The molecule has 0 heterocycles. The zero-order chi connectivity index (χ0) is 13.1. The third-order valence-corrected chi connectivity index (χ3v) is 2.78. The van der Waals surface area contributed by atoms with E-state index in [4.69, 9.17) is 5.73 Å². The van der Waals surface area contributed by atoms with Gasteiger partial charge in [-0.2, -0.15) is 0 Å². The number of hydrogen-bond donors (Lipinski definition) is 1. The Morgan fingerprint density at radius 1 is 1.47 bits per heavy atom. The zero-order valence-electron chi connectivity index (χ0n) is 10.4. The van der Waals surface area contributed by atoms with Crippen molar-refractivity contribution in [3.05, 3.63) is 35.6 Å². The molecule has 0 radical (unpaired) electrons. The van der Waals surface area contributed by atoms with Gasteiger partial charge in [-0.25, -0.2) is 4.39 Å². The second-order valence-corrected chi connectivity index (χ2v) is 4.68. The van der Waals surface area contributed by atoms with Crippen LogP contribution in [0.1, 0.15) is 31.7 Å². The predicted octanol–water partition coefficient (Wildman–Crippen LogP) is 2.21. The van der Waals surface area contributed by atoms with Crippen LogP contribution in [0.25, 0.3) is 0 Å². The van der Waals surface area contributed by atoms with Crippen molar-refractivity contribution in [1.82, 2.24) is 0 Å². The first-order valence-electron chi connectivity index (χ1n) is 5.46. The lowest BCUT2D eigenvalue weighted by molar-refractivity contribution is -0.141. The van der Waals surface area contributed by atoms with Gasteiger partial charge in [-0.15, -0.1) is 0 Å². The molecule has 1 unspecified atom stereocenters. The predicted molar refractivity (Wildman–Crippen MR) is 64.0 cm³/mol. The van der Waals surface area contributed by atoms with Crippen LogP contribution in [-0.4, -0.2) is 18.6 Å². The molecule has 3 nitrogen and oxygen atoms in total. The van der Waals surface area contributed by atoms with E-state index in [2.05, 4.69) is 4.74 Å². The molecule has 0 bridgehead atoms. The van der Waals surface area contributed by atoms with Gasteiger partial charge in [-0.05, 0) is 25.5 Å². The van der Waals surface area contributed by atoms with Crippen LogP contribution in [0.2, 0.25) is 0 Å². The third kappa shape index (κ3) is 3.53. The van der Waals surface area contributed by atoms with Crippen LogP contribution in [0, 0.1) is 5.82 Å². The molecular formula is C13H18FNO2. The van der Waals surface area contributed by atoms with E-state index in [1.807, 2.05) is 0 Å². The fourth-order valence-corrected chi connectivity index (χ4v) is 1.78. The van der Waals surface area contributed by atoms with Crippen LogP contribution in [-0.2, 0) is 9.53 Å². The maximum atomic E-state index is 13.7. The Morgan fingerprint density at radius 2 is 2.06 bits per heavy atom. The molecule has 17 heavy (non-hydrogen) atoms.